The van der Waals surface area contributed by atoms with Crippen LogP contribution in [0.5, 0.6) is 0 Å². The molecule has 2 saturated heterocycles. The van der Waals surface area contributed by atoms with Crippen LogP contribution in [0, 0.1) is 11.8 Å². The number of hydrogen-bond donors (Lipinski definition) is 2. The second-order valence-corrected chi connectivity index (χ2v) is 6.75. The number of rotatable bonds is 4. The number of hydrogen-bond acceptors (Lipinski definition) is 3. The predicted molar refractivity (Wildman–Crippen MR) is 78.3 cm³/mol. The zero-order valence-electron chi connectivity index (χ0n) is 12.2. The molecule has 3 heteroatoms. The van der Waals surface area contributed by atoms with Crippen LogP contribution in [0.3, 0.4) is 0 Å². The Bertz CT molecular complexity index is 259. The van der Waals surface area contributed by atoms with E-state index >= 15 is 0 Å². The minimum Gasteiger partial charge on any atom is -0.381 e. The SMILES string of the molecule is C1CCC(C2CCCCC2NCC2CCOC2)NC1. The normalized spacial score (nSPS) is 40.4. The molecule has 4 atom stereocenters. The van der Waals surface area contributed by atoms with Crippen LogP contribution >= 0.6 is 0 Å². The molecule has 1 saturated carbocycles. The maximum Gasteiger partial charge on any atom is 0.0507 e. The highest BCUT2D eigenvalue weighted by atomic mass is 16.5. The van der Waals surface area contributed by atoms with E-state index in [1.807, 2.05) is 0 Å². The lowest BCUT2D eigenvalue weighted by atomic mass is 9.77. The highest BCUT2D eigenvalue weighted by Crippen LogP contribution is 2.30. The van der Waals surface area contributed by atoms with Gasteiger partial charge in [-0.2, -0.15) is 0 Å². The molecule has 1 aliphatic carbocycles. The molecule has 3 aliphatic rings. The monoisotopic (exact) mass is 266 g/mol. The van der Waals surface area contributed by atoms with E-state index in [0.717, 1.165) is 37.1 Å². The van der Waals surface area contributed by atoms with E-state index in [2.05, 4.69) is 10.6 Å². The molecule has 2 N–H and O–H groups in total. The Labute approximate surface area is 117 Å². The third kappa shape index (κ3) is 3.71. The molecule has 0 spiro atoms. The first kappa shape index (κ1) is 13.8. The summed E-state index contributed by atoms with van der Waals surface area (Å²) in [5.74, 6) is 1.64. The minimum atomic E-state index is 0.755. The van der Waals surface area contributed by atoms with Crippen LogP contribution in [0.4, 0.5) is 0 Å². The average Bonchev–Trinajstić information content (AvgIpc) is 3.00. The van der Waals surface area contributed by atoms with Crippen molar-refractivity contribution in [1.29, 1.82) is 0 Å². The Morgan fingerprint density at radius 3 is 2.68 bits per heavy atom. The van der Waals surface area contributed by atoms with E-state index in [1.165, 1.54) is 64.5 Å². The molecular formula is C16H30N2O. The van der Waals surface area contributed by atoms with Crippen LogP contribution in [-0.2, 0) is 4.74 Å². The third-order valence-corrected chi connectivity index (χ3v) is 5.38. The van der Waals surface area contributed by atoms with Gasteiger partial charge < -0.3 is 15.4 Å². The lowest BCUT2D eigenvalue weighted by molar-refractivity contribution is 0.166. The maximum absolute atomic E-state index is 5.49. The van der Waals surface area contributed by atoms with Crippen LogP contribution in [0.15, 0.2) is 0 Å². The summed E-state index contributed by atoms with van der Waals surface area (Å²) < 4.78 is 5.49. The first-order valence-corrected chi connectivity index (χ1v) is 8.48. The molecule has 0 amide bonds. The van der Waals surface area contributed by atoms with Crippen molar-refractivity contribution in [1.82, 2.24) is 10.6 Å². The van der Waals surface area contributed by atoms with Gasteiger partial charge in [0.1, 0.15) is 0 Å². The fraction of sp³-hybridized carbons (Fsp3) is 1.00. The second kappa shape index (κ2) is 7.05. The summed E-state index contributed by atoms with van der Waals surface area (Å²) in [4.78, 5) is 0. The molecule has 19 heavy (non-hydrogen) atoms. The van der Waals surface area contributed by atoms with Crippen LogP contribution in [0.2, 0.25) is 0 Å². The second-order valence-electron chi connectivity index (χ2n) is 6.75. The van der Waals surface area contributed by atoms with Crippen LogP contribution in [-0.4, -0.2) is 38.4 Å². The largest absolute Gasteiger partial charge is 0.381 e. The Hall–Kier alpha value is -0.120. The molecule has 4 unspecified atom stereocenters. The minimum absolute atomic E-state index is 0.755. The molecule has 0 aromatic carbocycles. The fourth-order valence-corrected chi connectivity index (χ4v) is 4.20. The maximum atomic E-state index is 5.49. The van der Waals surface area contributed by atoms with Gasteiger partial charge in [0.05, 0.1) is 6.61 Å². The Kier molecular flexibility index (Phi) is 5.14. The quantitative estimate of drug-likeness (QED) is 0.819. The van der Waals surface area contributed by atoms with E-state index in [9.17, 15) is 0 Å². The highest BCUT2D eigenvalue weighted by molar-refractivity contribution is 4.91. The van der Waals surface area contributed by atoms with Gasteiger partial charge in [0, 0.05) is 25.2 Å². The van der Waals surface area contributed by atoms with Gasteiger partial charge in [-0.3, -0.25) is 0 Å². The Morgan fingerprint density at radius 2 is 1.89 bits per heavy atom. The van der Waals surface area contributed by atoms with E-state index in [-0.39, 0.29) is 0 Å². The molecule has 3 rings (SSSR count). The van der Waals surface area contributed by atoms with Crippen molar-refractivity contribution in [3.8, 4) is 0 Å². The van der Waals surface area contributed by atoms with Crippen molar-refractivity contribution in [2.45, 2.75) is 63.5 Å². The van der Waals surface area contributed by atoms with E-state index in [4.69, 9.17) is 4.74 Å². The molecule has 3 fully saturated rings. The van der Waals surface area contributed by atoms with Gasteiger partial charge in [0.2, 0.25) is 0 Å². The number of nitrogens with one attached hydrogen (secondary N) is 2. The topological polar surface area (TPSA) is 33.3 Å². The third-order valence-electron chi connectivity index (χ3n) is 5.38. The van der Waals surface area contributed by atoms with Crippen molar-refractivity contribution in [2.24, 2.45) is 11.8 Å². The van der Waals surface area contributed by atoms with Crippen molar-refractivity contribution in [2.75, 3.05) is 26.3 Å². The van der Waals surface area contributed by atoms with Gasteiger partial charge in [-0.25, -0.2) is 0 Å². The molecule has 0 bridgehead atoms. The standard InChI is InChI=1S/C16H30N2O/c1-2-6-16(18-11-13-8-10-19-12-13)14(5-1)15-7-3-4-9-17-15/h13-18H,1-12H2. The first-order chi connectivity index (χ1) is 9.43. The molecule has 3 nitrogen and oxygen atoms in total. The summed E-state index contributed by atoms with van der Waals surface area (Å²) >= 11 is 0. The summed E-state index contributed by atoms with van der Waals surface area (Å²) in [7, 11) is 0. The van der Waals surface area contributed by atoms with Crippen molar-refractivity contribution in [3.63, 3.8) is 0 Å². The molecular weight excluding hydrogens is 236 g/mol. The van der Waals surface area contributed by atoms with E-state index < -0.39 is 0 Å². The first-order valence-electron chi connectivity index (χ1n) is 8.48. The molecule has 110 valence electrons. The molecule has 2 aliphatic heterocycles. The predicted octanol–water partition coefficient (Wildman–Crippen LogP) is 2.31. The smallest absolute Gasteiger partial charge is 0.0507 e. The van der Waals surface area contributed by atoms with Gasteiger partial charge in [-0.1, -0.05) is 19.3 Å². The van der Waals surface area contributed by atoms with Crippen LogP contribution in [0.1, 0.15) is 51.4 Å². The number of ether oxygens (including phenoxy) is 1. The van der Waals surface area contributed by atoms with Gasteiger partial charge in [-0.15, -0.1) is 0 Å². The van der Waals surface area contributed by atoms with Crippen molar-refractivity contribution < 1.29 is 4.74 Å². The Morgan fingerprint density at radius 1 is 1.00 bits per heavy atom. The van der Waals surface area contributed by atoms with Gasteiger partial charge in [0.15, 0.2) is 0 Å². The molecule has 2 heterocycles. The molecule has 0 radical (unpaired) electrons. The van der Waals surface area contributed by atoms with Crippen LogP contribution < -0.4 is 10.6 Å². The van der Waals surface area contributed by atoms with Gasteiger partial charge >= 0.3 is 0 Å². The Balaban J connectivity index is 1.50. The number of piperidine rings is 1. The summed E-state index contributed by atoms with van der Waals surface area (Å²) in [6.45, 7) is 4.37. The summed E-state index contributed by atoms with van der Waals surface area (Å²) in [6.07, 6.45) is 11.1. The zero-order chi connectivity index (χ0) is 12.9. The average molecular weight is 266 g/mol. The fourth-order valence-electron chi connectivity index (χ4n) is 4.20. The van der Waals surface area contributed by atoms with E-state index in [1.54, 1.807) is 0 Å². The molecule has 0 aromatic rings. The van der Waals surface area contributed by atoms with Crippen molar-refractivity contribution in [3.05, 3.63) is 0 Å². The van der Waals surface area contributed by atoms with Crippen LogP contribution in [0.25, 0.3) is 0 Å². The zero-order valence-corrected chi connectivity index (χ0v) is 12.2. The van der Waals surface area contributed by atoms with Crippen molar-refractivity contribution >= 4 is 0 Å². The highest BCUT2D eigenvalue weighted by Gasteiger charge is 2.32. The summed E-state index contributed by atoms with van der Waals surface area (Å²) in [6, 6.07) is 1.54. The summed E-state index contributed by atoms with van der Waals surface area (Å²) in [5.41, 5.74) is 0. The lowest BCUT2D eigenvalue weighted by Gasteiger charge is -2.40. The summed E-state index contributed by atoms with van der Waals surface area (Å²) in [5, 5.41) is 7.67. The van der Waals surface area contributed by atoms with Gasteiger partial charge in [-0.05, 0) is 50.5 Å². The molecule has 0 aromatic heterocycles. The lowest BCUT2D eigenvalue weighted by Crippen LogP contribution is -2.51. The van der Waals surface area contributed by atoms with E-state index in [0.29, 0.717) is 0 Å². The van der Waals surface area contributed by atoms with Gasteiger partial charge in [0.25, 0.3) is 0 Å².